The highest BCUT2D eigenvalue weighted by Gasteiger charge is 2.31. The molecule has 3 rings (SSSR count). The fourth-order valence-electron chi connectivity index (χ4n) is 2.22. The molecule has 4 nitrogen and oxygen atoms in total. The first-order valence-electron chi connectivity index (χ1n) is 5.97. The molecule has 0 radical (unpaired) electrons. The number of sulfonamides is 1. The second-order valence-electron chi connectivity index (χ2n) is 4.47. The predicted molar refractivity (Wildman–Crippen MR) is 83.6 cm³/mol. The molecule has 108 valence electrons. The van der Waals surface area contributed by atoms with E-state index in [9.17, 15) is 8.42 Å². The molecule has 2 aromatic rings. The van der Waals surface area contributed by atoms with Crippen molar-refractivity contribution in [2.24, 2.45) is 0 Å². The van der Waals surface area contributed by atoms with Crippen LogP contribution >= 0.6 is 38.6 Å². The molecule has 1 aliphatic rings. The molecule has 2 aromatic heterocycles. The van der Waals surface area contributed by atoms with Crippen LogP contribution < -0.4 is 0 Å². The summed E-state index contributed by atoms with van der Waals surface area (Å²) >= 11 is 6.23. The number of thiophene rings is 2. The average molecular weight is 394 g/mol. The van der Waals surface area contributed by atoms with E-state index in [2.05, 4.69) is 15.9 Å². The van der Waals surface area contributed by atoms with E-state index >= 15 is 0 Å². The van der Waals surface area contributed by atoms with E-state index in [1.807, 2.05) is 11.4 Å². The SMILES string of the molecule is O=S(=O)(c1cc(CO)sc1Br)N1CCc2sccc2C1. The highest BCUT2D eigenvalue weighted by molar-refractivity contribution is 9.11. The van der Waals surface area contributed by atoms with Crippen molar-refractivity contribution in [2.75, 3.05) is 6.54 Å². The van der Waals surface area contributed by atoms with Crippen molar-refractivity contribution in [3.8, 4) is 0 Å². The summed E-state index contributed by atoms with van der Waals surface area (Å²) < 4.78 is 27.5. The van der Waals surface area contributed by atoms with Crippen LogP contribution in [-0.4, -0.2) is 24.4 Å². The summed E-state index contributed by atoms with van der Waals surface area (Å²) in [5.41, 5.74) is 1.10. The van der Waals surface area contributed by atoms with Gasteiger partial charge in [-0.3, -0.25) is 0 Å². The van der Waals surface area contributed by atoms with E-state index in [1.165, 1.54) is 20.5 Å². The van der Waals surface area contributed by atoms with Crippen molar-refractivity contribution in [1.29, 1.82) is 0 Å². The number of aliphatic hydroxyl groups excluding tert-OH is 1. The highest BCUT2D eigenvalue weighted by Crippen LogP contribution is 2.35. The molecule has 0 saturated carbocycles. The maximum atomic E-state index is 12.7. The zero-order valence-electron chi connectivity index (χ0n) is 10.4. The Morgan fingerprint density at radius 3 is 2.95 bits per heavy atom. The van der Waals surface area contributed by atoms with Gasteiger partial charge in [0.05, 0.1) is 10.4 Å². The van der Waals surface area contributed by atoms with Gasteiger partial charge in [0.2, 0.25) is 10.0 Å². The molecule has 0 aromatic carbocycles. The highest BCUT2D eigenvalue weighted by atomic mass is 79.9. The minimum atomic E-state index is -3.51. The molecule has 20 heavy (non-hydrogen) atoms. The van der Waals surface area contributed by atoms with Crippen molar-refractivity contribution in [3.05, 3.63) is 36.6 Å². The van der Waals surface area contributed by atoms with Crippen LogP contribution in [0.4, 0.5) is 0 Å². The van der Waals surface area contributed by atoms with Crippen LogP contribution in [0.5, 0.6) is 0 Å². The zero-order valence-corrected chi connectivity index (χ0v) is 14.4. The number of halogens is 1. The second kappa shape index (κ2) is 5.51. The number of aliphatic hydroxyl groups is 1. The van der Waals surface area contributed by atoms with Crippen molar-refractivity contribution in [2.45, 2.75) is 24.5 Å². The first-order chi connectivity index (χ1) is 9.52. The fourth-order valence-corrected chi connectivity index (χ4v) is 7.02. The third kappa shape index (κ3) is 2.49. The van der Waals surface area contributed by atoms with Gasteiger partial charge in [0.1, 0.15) is 4.90 Å². The van der Waals surface area contributed by atoms with Gasteiger partial charge in [0.15, 0.2) is 0 Å². The van der Waals surface area contributed by atoms with Gasteiger partial charge >= 0.3 is 0 Å². The van der Waals surface area contributed by atoms with E-state index in [1.54, 1.807) is 17.4 Å². The summed E-state index contributed by atoms with van der Waals surface area (Å²) in [7, 11) is -3.51. The maximum Gasteiger partial charge on any atom is 0.245 e. The zero-order chi connectivity index (χ0) is 14.3. The number of hydrogen-bond donors (Lipinski definition) is 1. The van der Waals surface area contributed by atoms with E-state index < -0.39 is 10.0 Å². The van der Waals surface area contributed by atoms with Crippen LogP contribution in [0.25, 0.3) is 0 Å². The Hall–Kier alpha value is -0.250. The van der Waals surface area contributed by atoms with Crippen LogP contribution in [0.1, 0.15) is 15.3 Å². The average Bonchev–Trinajstić information content (AvgIpc) is 3.03. The van der Waals surface area contributed by atoms with Gasteiger partial charge in [-0.25, -0.2) is 8.42 Å². The molecule has 0 saturated heterocycles. The Bertz CT molecular complexity index is 735. The fraction of sp³-hybridized carbons (Fsp3) is 0.333. The molecule has 3 heterocycles. The summed E-state index contributed by atoms with van der Waals surface area (Å²) in [6.45, 7) is 0.790. The first kappa shape index (κ1) is 14.7. The van der Waals surface area contributed by atoms with Crippen LogP contribution in [0.2, 0.25) is 0 Å². The van der Waals surface area contributed by atoms with Gasteiger partial charge < -0.3 is 5.11 Å². The van der Waals surface area contributed by atoms with Gasteiger partial charge in [-0.15, -0.1) is 22.7 Å². The largest absolute Gasteiger partial charge is 0.391 e. The summed E-state index contributed by atoms with van der Waals surface area (Å²) in [6, 6.07) is 3.54. The molecule has 0 atom stereocenters. The topological polar surface area (TPSA) is 57.6 Å². The quantitative estimate of drug-likeness (QED) is 0.871. The van der Waals surface area contributed by atoms with Crippen molar-refractivity contribution in [1.82, 2.24) is 4.31 Å². The molecule has 0 bridgehead atoms. The molecular weight excluding hydrogens is 382 g/mol. The molecule has 0 unspecified atom stereocenters. The summed E-state index contributed by atoms with van der Waals surface area (Å²) in [5, 5.41) is 11.1. The van der Waals surface area contributed by atoms with Gasteiger partial charge in [-0.1, -0.05) is 0 Å². The Morgan fingerprint density at radius 1 is 1.45 bits per heavy atom. The minimum absolute atomic E-state index is 0.145. The molecule has 1 N–H and O–H groups in total. The third-order valence-corrected chi connectivity index (χ3v) is 8.36. The smallest absolute Gasteiger partial charge is 0.245 e. The first-order valence-corrected chi connectivity index (χ1v) is 9.90. The maximum absolute atomic E-state index is 12.7. The van der Waals surface area contributed by atoms with Crippen molar-refractivity contribution in [3.63, 3.8) is 0 Å². The van der Waals surface area contributed by atoms with Crippen molar-refractivity contribution >= 4 is 48.6 Å². The van der Waals surface area contributed by atoms with Crippen LogP contribution in [0.15, 0.2) is 26.2 Å². The van der Waals surface area contributed by atoms with E-state index in [4.69, 9.17) is 5.11 Å². The summed E-state index contributed by atoms with van der Waals surface area (Å²) in [6.07, 6.45) is 0.765. The predicted octanol–water partition coefficient (Wildman–Crippen LogP) is 2.81. The summed E-state index contributed by atoms with van der Waals surface area (Å²) in [4.78, 5) is 2.17. The second-order valence-corrected chi connectivity index (χ2v) is 9.83. The standard InChI is InChI=1S/C12H12BrNO3S3/c13-12-11(5-9(7-15)19-12)20(16,17)14-3-1-10-8(6-14)2-4-18-10/h2,4-5,15H,1,3,6-7H2. The lowest BCUT2D eigenvalue weighted by molar-refractivity contribution is 0.285. The Labute approximate surface area is 133 Å². The minimum Gasteiger partial charge on any atom is -0.391 e. The monoisotopic (exact) mass is 393 g/mol. The lowest BCUT2D eigenvalue weighted by Crippen LogP contribution is -2.35. The molecule has 0 spiro atoms. The lowest BCUT2D eigenvalue weighted by Gasteiger charge is -2.26. The van der Waals surface area contributed by atoms with Gasteiger partial charge in [0, 0.05) is 22.8 Å². The molecular formula is C12H12BrNO3S3. The van der Waals surface area contributed by atoms with E-state index in [0.717, 1.165) is 12.0 Å². The molecule has 8 heteroatoms. The molecule has 0 fully saturated rings. The lowest BCUT2D eigenvalue weighted by atomic mass is 10.1. The van der Waals surface area contributed by atoms with E-state index in [-0.39, 0.29) is 11.5 Å². The Morgan fingerprint density at radius 2 is 2.25 bits per heavy atom. The van der Waals surface area contributed by atoms with E-state index in [0.29, 0.717) is 21.8 Å². The number of rotatable bonds is 3. The van der Waals surface area contributed by atoms with Gasteiger partial charge in [0.25, 0.3) is 0 Å². The van der Waals surface area contributed by atoms with Crippen molar-refractivity contribution < 1.29 is 13.5 Å². The number of hydrogen-bond acceptors (Lipinski definition) is 5. The third-order valence-electron chi connectivity index (χ3n) is 3.25. The molecule has 0 amide bonds. The Balaban J connectivity index is 1.95. The van der Waals surface area contributed by atoms with Crippen LogP contribution in [0.3, 0.4) is 0 Å². The summed E-state index contributed by atoms with van der Waals surface area (Å²) in [5.74, 6) is 0. The van der Waals surface area contributed by atoms with Crippen LogP contribution in [-0.2, 0) is 29.6 Å². The van der Waals surface area contributed by atoms with Gasteiger partial charge in [-0.2, -0.15) is 4.31 Å². The number of nitrogens with zero attached hydrogens (tertiary/aromatic N) is 1. The number of fused-ring (bicyclic) bond motifs is 1. The molecule has 1 aliphatic heterocycles. The Kier molecular flexibility index (Phi) is 4.04. The van der Waals surface area contributed by atoms with Crippen LogP contribution in [0, 0.1) is 0 Å². The molecule has 0 aliphatic carbocycles. The normalized spacial score (nSPS) is 16.3. The van der Waals surface area contributed by atoms with Gasteiger partial charge in [-0.05, 0) is 45.4 Å².